The van der Waals surface area contributed by atoms with Gasteiger partial charge in [0.25, 0.3) is 0 Å². The summed E-state index contributed by atoms with van der Waals surface area (Å²) in [5.74, 6) is -0.468. The number of esters is 1. The highest BCUT2D eigenvalue weighted by Crippen LogP contribution is 2.06. The average molecular weight is 138 g/mol. The minimum atomic E-state index is -0.468. The fourth-order valence-electron chi connectivity index (χ4n) is 0.377. The van der Waals surface area contributed by atoms with Crippen LogP contribution in [0.2, 0.25) is 0 Å². The predicted molar refractivity (Wildman–Crippen MR) is 40.5 cm³/mol. The van der Waals surface area contributed by atoms with Crippen LogP contribution >= 0.6 is 0 Å². The van der Waals surface area contributed by atoms with E-state index in [4.69, 9.17) is 0 Å². The smallest absolute Gasteiger partial charge is 0.337 e. The summed E-state index contributed by atoms with van der Waals surface area (Å²) in [6.07, 6.45) is 1.46. The first-order chi connectivity index (χ1) is 4.63. The lowest BCUT2D eigenvalue weighted by Crippen LogP contribution is -2.03. The number of rotatable bonds is 3. The zero-order valence-corrected chi connectivity index (χ0v) is 6.02. The Labute approximate surface area is 60.5 Å². The molecule has 0 aliphatic carbocycles. The first-order valence-corrected chi connectivity index (χ1v) is 2.72. The Morgan fingerprint density at radius 1 is 1.50 bits per heavy atom. The summed E-state index contributed by atoms with van der Waals surface area (Å²) in [5.41, 5.74) is 0.740. The molecule has 0 spiro atoms. The van der Waals surface area contributed by atoms with Crippen LogP contribution in [0.3, 0.4) is 0 Å². The van der Waals surface area contributed by atoms with Crippen LogP contribution in [0, 0.1) is 0 Å². The summed E-state index contributed by atoms with van der Waals surface area (Å²) in [6.45, 7) is 10.4. The molecule has 0 radical (unpaired) electrons. The van der Waals surface area contributed by atoms with E-state index in [9.17, 15) is 4.79 Å². The topological polar surface area (TPSA) is 26.3 Å². The van der Waals surface area contributed by atoms with E-state index in [1.165, 1.54) is 13.2 Å². The molecule has 0 aliphatic rings. The maximum Gasteiger partial charge on any atom is 0.337 e. The molecule has 0 rings (SSSR count). The Morgan fingerprint density at radius 3 is 2.30 bits per heavy atom. The molecule has 0 N–H and O–H groups in total. The average Bonchev–Trinajstić information content (AvgIpc) is 2.00. The fraction of sp³-hybridized carbons (Fsp3) is 0.125. The normalized spacial score (nSPS) is 8.10. The largest absolute Gasteiger partial charge is 0.465 e. The minimum Gasteiger partial charge on any atom is -0.465 e. The van der Waals surface area contributed by atoms with Gasteiger partial charge in [0.2, 0.25) is 0 Å². The molecule has 0 saturated carbocycles. The molecule has 0 fully saturated rings. The number of carbonyl (C=O) groups excluding carboxylic acids is 1. The van der Waals surface area contributed by atoms with Crippen molar-refractivity contribution in [2.75, 3.05) is 7.11 Å². The van der Waals surface area contributed by atoms with Crippen molar-refractivity contribution >= 4 is 5.97 Å². The molecule has 0 heterocycles. The quantitative estimate of drug-likeness (QED) is 0.335. The summed E-state index contributed by atoms with van der Waals surface area (Å²) >= 11 is 0. The third kappa shape index (κ3) is 1.90. The van der Waals surface area contributed by atoms with Gasteiger partial charge < -0.3 is 4.74 Å². The molecule has 10 heavy (non-hydrogen) atoms. The van der Waals surface area contributed by atoms with Gasteiger partial charge in [0.15, 0.2) is 0 Å². The monoisotopic (exact) mass is 138 g/mol. The lowest BCUT2D eigenvalue weighted by atomic mass is 10.1. The van der Waals surface area contributed by atoms with Crippen LogP contribution in [0.1, 0.15) is 0 Å². The van der Waals surface area contributed by atoms with Crippen LogP contribution in [-0.4, -0.2) is 13.1 Å². The third-order valence-electron chi connectivity index (χ3n) is 1.07. The van der Waals surface area contributed by atoms with Gasteiger partial charge in [-0.05, 0) is 5.57 Å². The van der Waals surface area contributed by atoms with E-state index in [2.05, 4.69) is 24.5 Å². The molecule has 54 valence electrons. The fourth-order valence-corrected chi connectivity index (χ4v) is 0.377. The van der Waals surface area contributed by atoms with E-state index in [1.807, 2.05) is 0 Å². The standard InChI is InChI=1S/C8H10O2/c1-5-6(2)7(3)8(9)10-4/h5H,1-3H2,4H3. The van der Waals surface area contributed by atoms with Crippen molar-refractivity contribution in [2.45, 2.75) is 0 Å². The highest BCUT2D eigenvalue weighted by atomic mass is 16.5. The van der Waals surface area contributed by atoms with E-state index in [0.717, 1.165) is 0 Å². The number of carbonyl (C=O) groups is 1. The number of ether oxygens (including phenoxy) is 1. The van der Waals surface area contributed by atoms with E-state index in [1.54, 1.807) is 0 Å². The maximum atomic E-state index is 10.7. The van der Waals surface area contributed by atoms with Crippen LogP contribution < -0.4 is 0 Å². The second-order valence-corrected chi connectivity index (χ2v) is 1.70. The molecule has 0 aromatic heterocycles. The predicted octanol–water partition coefficient (Wildman–Crippen LogP) is 1.46. The zero-order valence-electron chi connectivity index (χ0n) is 6.02. The molecule has 0 aromatic carbocycles. The summed E-state index contributed by atoms with van der Waals surface area (Å²) in [6, 6.07) is 0. The summed E-state index contributed by atoms with van der Waals surface area (Å²) in [5, 5.41) is 0. The molecule has 0 atom stereocenters. The maximum absolute atomic E-state index is 10.7. The molecule has 0 aliphatic heterocycles. The second-order valence-electron chi connectivity index (χ2n) is 1.70. The van der Waals surface area contributed by atoms with E-state index in [0.29, 0.717) is 5.57 Å². The first-order valence-electron chi connectivity index (χ1n) is 2.72. The Bertz CT molecular complexity index is 189. The number of allylic oxidation sites excluding steroid dienone is 1. The van der Waals surface area contributed by atoms with Gasteiger partial charge in [-0.25, -0.2) is 4.79 Å². The lowest BCUT2D eigenvalue weighted by Gasteiger charge is -2.00. The van der Waals surface area contributed by atoms with Crippen molar-refractivity contribution in [1.29, 1.82) is 0 Å². The molecule has 0 amide bonds. The van der Waals surface area contributed by atoms with E-state index < -0.39 is 5.97 Å². The van der Waals surface area contributed by atoms with Gasteiger partial charge >= 0.3 is 5.97 Å². The van der Waals surface area contributed by atoms with E-state index >= 15 is 0 Å². The number of hydrogen-bond donors (Lipinski definition) is 0. The van der Waals surface area contributed by atoms with Gasteiger partial charge in [0, 0.05) is 0 Å². The SMILES string of the molecule is C=CC(=C)C(=C)C(=O)OC. The van der Waals surface area contributed by atoms with Crippen molar-refractivity contribution in [1.82, 2.24) is 0 Å². The van der Waals surface area contributed by atoms with Crippen LogP contribution in [0.25, 0.3) is 0 Å². The van der Waals surface area contributed by atoms with Crippen molar-refractivity contribution in [3.05, 3.63) is 37.0 Å². The Balaban J connectivity index is 4.22. The summed E-state index contributed by atoms with van der Waals surface area (Å²) in [7, 11) is 1.30. The van der Waals surface area contributed by atoms with Crippen LogP contribution in [-0.2, 0) is 9.53 Å². The van der Waals surface area contributed by atoms with Crippen molar-refractivity contribution in [2.24, 2.45) is 0 Å². The highest BCUT2D eigenvalue weighted by molar-refractivity contribution is 5.93. The van der Waals surface area contributed by atoms with Gasteiger partial charge in [-0.15, -0.1) is 0 Å². The molecule has 0 bridgehead atoms. The van der Waals surface area contributed by atoms with Crippen LogP contribution in [0.4, 0.5) is 0 Å². The Kier molecular flexibility index (Phi) is 3.19. The van der Waals surface area contributed by atoms with Gasteiger partial charge in [0.1, 0.15) is 0 Å². The molecule has 0 saturated heterocycles. The van der Waals surface area contributed by atoms with Crippen LogP contribution in [0.5, 0.6) is 0 Å². The van der Waals surface area contributed by atoms with Gasteiger partial charge in [-0.2, -0.15) is 0 Å². The molecule has 0 aromatic rings. The van der Waals surface area contributed by atoms with Crippen molar-refractivity contribution < 1.29 is 9.53 Å². The molecule has 0 unspecified atom stereocenters. The zero-order chi connectivity index (χ0) is 8.15. The van der Waals surface area contributed by atoms with Gasteiger partial charge in [-0.1, -0.05) is 25.8 Å². The Hall–Kier alpha value is -1.31. The molecular formula is C8H10O2. The molecule has 2 heteroatoms. The highest BCUT2D eigenvalue weighted by Gasteiger charge is 2.06. The summed E-state index contributed by atoms with van der Waals surface area (Å²) < 4.78 is 4.39. The number of hydrogen-bond acceptors (Lipinski definition) is 2. The second kappa shape index (κ2) is 3.67. The van der Waals surface area contributed by atoms with Crippen molar-refractivity contribution in [3.63, 3.8) is 0 Å². The minimum absolute atomic E-state index is 0.248. The Morgan fingerprint density at radius 2 is 2.00 bits per heavy atom. The summed E-state index contributed by atoms with van der Waals surface area (Å²) in [4.78, 5) is 10.7. The van der Waals surface area contributed by atoms with Gasteiger partial charge in [0.05, 0.1) is 12.7 Å². The molecule has 2 nitrogen and oxygen atoms in total. The van der Waals surface area contributed by atoms with Gasteiger partial charge in [-0.3, -0.25) is 0 Å². The first kappa shape index (κ1) is 8.69. The van der Waals surface area contributed by atoms with E-state index in [-0.39, 0.29) is 5.57 Å². The molecular weight excluding hydrogens is 128 g/mol. The van der Waals surface area contributed by atoms with Crippen molar-refractivity contribution in [3.8, 4) is 0 Å². The van der Waals surface area contributed by atoms with Crippen LogP contribution in [0.15, 0.2) is 37.0 Å². The third-order valence-corrected chi connectivity index (χ3v) is 1.07. The lowest BCUT2D eigenvalue weighted by molar-refractivity contribution is -0.135. The number of methoxy groups -OCH3 is 1.